The summed E-state index contributed by atoms with van der Waals surface area (Å²) in [5, 5.41) is 0. The quantitative estimate of drug-likeness (QED) is 0.639. The van der Waals surface area contributed by atoms with Gasteiger partial charge in [0, 0.05) is 39.0 Å². The Morgan fingerprint density at radius 2 is 1.97 bits per heavy atom. The molecule has 0 spiro atoms. The van der Waals surface area contributed by atoms with E-state index < -0.39 is 5.41 Å². The molecular formula is C23H31FN2O4. The molecule has 0 radical (unpaired) electrons. The average Bonchev–Trinajstić information content (AvgIpc) is 2.75. The molecule has 1 atom stereocenters. The first-order valence-corrected chi connectivity index (χ1v) is 10.9. The third-order valence-corrected chi connectivity index (χ3v) is 6.14. The highest BCUT2D eigenvalue weighted by Crippen LogP contribution is 2.36. The van der Waals surface area contributed by atoms with Gasteiger partial charge in [0.05, 0.1) is 12.0 Å². The number of halogens is 1. The monoisotopic (exact) mass is 418 g/mol. The van der Waals surface area contributed by atoms with Crippen LogP contribution in [0.2, 0.25) is 0 Å². The van der Waals surface area contributed by atoms with Crippen LogP contribution < -0.4 is 0 Å². The van der Waals surface area contributed by atoms with Crippen molar-refractivity contribution in [1.82, 2.24) is 9.80 Å². The van der Waals surface area contributed by atoms with Crippen LogP contribution in [0.15, 0.2) is 24.3 Å². The third kappa shape index (κ3) is 5.18. The van der Waals surface area contributed by atoms with E-state index in [2.05, 4.69) is 0 Å². The highest BCUT2D eigenvalue weighted by molar-refractivity contribution is 5.82. The van der Waals surface area contributed by atoms with Crippen molar-refractivity contribution in [2.24, 2.45) is 5.41 Å². The molecule has 2 aliphatic heterocycles. The lowest BCUT2D eigenvalue weighted by atomic mass is 9.75. The third-order valence-electron chi connectivity index (χ3n) is 6.14. The number of piperidine rings is 2. The van der Waals surface area contributed by atoms with Gasteiger partial charge in [0.1, 0.15) is 5.82 Å². The number of carbonyl (C=O) groups is 3. The first kappa shape index (κ1) is 22.2. The minimum absolute atomic E-state index is 0.0738. The van der Waals surface area contributed by atoms with Crippen molar-refractivity contribution in [3.05, 3.63) is 35.6 Å². The average molecular weight is 419 g/mol. The molecule has 0 aromatic heterocycles. The Bertz CT molecular complexity index is 784. The van der Waals surface area contributed by atoms with Crippen LogP contribution in [0.25, 0.3) is 0 Å². The fourth-order valence-electron chi connectivity index (χ4n) is 4.51. The molecule has 2 amide bonds. The number of hydrogen-bond donors (Lipinski definition) is 0. The van der Waals surface area contributed by atoms with Gasteiger partial charge >= 0.3 is 5.97 Å². The molecule has 0 bridgehead atoms. The Kier molecular flexibility index (Phi) is 7.45. The maximum Gasteiger partial charge on any atom is 0.314 e. The topological polar surface area (TPSA) is 66.9 Å². The van der Waals surface area contributed by atoms with E-state index in [4.69, 9.17) is 4.74 Å². The molecule has 0 aliphatic carbocycles. The summed E-state index contributed by atoms with van der Waals surface area (Å²) in [6.07, 6.45) is 4.08. The molecule has 1 aromatic carbocycles. The van der Waals surface area contributed by atoms with Gasteiger partial charge in [0.2, 0.25) is 11.8 Å². The Hall–Kier alpha value is -2.44. The summed E-state index contributed by atoms with van der Waals surface area (Å²) >= 11 is 0. The molecule has 7 heteroatoms. The Morgan fingerprint density at radius 1 is 1.17 bits per heavy atom. The molecule has 6 nitrogen and oxygen atoms in total. The first-order valence-electron chi connectivity index (χ1n) is 10.9. The molecular weight excluding hydrogens is 387 g/mol. The van der Waals surface area contributed by atoms with Crippen LogP contribution in [-0.4, -0.2) is 60.4 Å². The van der Waals surface area contributed by atoms with Crippen LogP contribution in [0.4, 0.5) is 4.39 Å². The number of rotatable bonds is 7. The van der Waals surface area contributed by atoms with Crippen LogP contribution in [0.3, 0.4) is 0 Å². The fraction of sp³-hybridized carbons (Fsp3) is 0.609. The molecule has 0 saturated carbocycles. The Morgan fingerprint density at radius 3 is 2.70 bits per heavy atom. The number of benzene rings is 1. The molecule has 164 valence electrons. The van der Waals surface area contributed by atoms with E-state index in [0.29, 0.717) is 44.5 Å². The van der Waals surface area contributed by atoms with Crippen molar-refractivity contribution in [1.29, 1.82) is 0 Å². The molecule has 1 aromatic rings. The first-order chi connectivity index (χ1) is 14.4. The second-order valence-electron chi connectivity index (χ2n) is 8.28. The number of carbonyl (C=O) groups excluding carboxylic acids is 3. The number of likely N-dealkylation sites (tertiary alicyclic amines) is 2. The van der Waals surface area contributed by atoms with Gasteiger partial charge in [-0.3, -0.25) is 14.4 Å². The number of esters is 1. The lowest BCUT2D eigenvalue weighted by molar-refractivity contribution is -0.160. The number of amides is 2. The molecule has 3 rings (SSSR count). The van der Waals surface area contributed by atoms with E-state index in [1.54, 1.807) is 34.9 Å². The van der Waals surface area contributed by atoms with E-state index in [0.717, 1.165) is 12.8 Å². The van der Waals surface area contributed by atoms with Crippen molar-refractivity contribution < 1.29 is 23.5 Å². The van der Waals surface area contributed by atoms with E-state index >= 15 is 0 Å². The lowest BCUT2D eigenvalue weighted by Gasteiger charge is -2.41. The van der Waals surface area contributed by atoms with Crippen molar-refractivity contribution in [3.63, 3.8) is 0 Å². The van der Waals surface area contributed by atoms with Crippen LogP contribution in [-0.2, 0) is 25.5 Å². The summed E-state index contributed by atoms with van der Waals surface area (Å²) in [7, 11) is 0. The molecule has 0 N–H and O–H groups in total. The number of ether oxygens (including phenoxy) is 1. The van der Waals surface area contributed by atoms with Crippen molar-refractivity contribution >= 4 is 17.8 Å². The maximum absolute atomic E-state index is 14.3. The number of hydrogen-bond acceptors (Lipinski definition) is 4. The van der Waals surface area contributed by atoms with Gasteiger partial charge in [0.15, 0.2) is 0 Å². The molecule has 30 heavy (non-hydrogen) atoms. The van der Waals surface area contributed by atoms with Gasteiger partial charge in [0.25, 0.3) is 0 Å². The lowest BCUT2D eigenvalue weighted by Crippen LogP contribution is -2.52. The van der Waals surface area contributed by atoms with Gasteiger partial charge in [-0.2, -0.15) is 0 Å². The second-order valence-corrected chi connectivity index (χ2v) is 8.28. The van der Waals surface area contributed by atoms with Crippen LogP contribution in [0, 0.1) is 11.2 Å². The predicted octanol–water partition coefficient (Wildman–Crippen LogP) is 2.94. The van der Waals surface area contributed by atoms with E-state index in [1.165, 1.54) is 6.07 Å². The summed E-state index contributed by atoms with van der Waals surface area (Å²) in [5.74, 6) is -0.700. The highest BCUT2D eigenvalue weighted by Gasteiger charge is 2.45. The van der Waals surface area contributed by atoms with Crippen molar-refractivity contribution in [3.8, 4) is 0 Å². The van der Waals surface area contributed by atoms with Gasteiger partial charge in [-0.15, -0.1) is 0 Å². The molecule has 2 saturated heterocycles. The second kappa shape index (κ2) is 10.0. The highest BCUT2D eigenvalue weighted by atomic mass is 19.1. The summed E-state index contributed by atoms with van der Waals surface area (Å²) in [6.45, 7) is 3.87. The summed E-state index contributed by atoms with van der Waals surface area (Å²) in [4.78, 5) is 41.2. The minimum atomic E-state index is -0.951. The molecule has 0 unspecified atom stereocenters. The maximum atomic E-state index is 14.3. The summed E-state index contributed by atoms with van der Waals surface area (Å²) in [6, 6.07) is 6.43. The SMILES string of the molecule is CCOC(=O)[C@@]1(Cc2ccccc2F)CCCN(C(=O)CCN2CCCCC2=O)C1. The summed E-state index contributed by atoms with van der Waals surface area (Å²) < 4.78 is 19.7. The smallest absolute Gasteiger partial charge is 0.314 e. The zero-order valence-electron chi connectivity index (χ0n) is 17.7. The predicted molar refractivity (Wildman–Crippen MR) is 110 cm³/mol. The number of nitrogens with zero attached hydrogens (tertiary/aromatic N) is 2. The van der Waals surface area contributed by atoms with Gasteiger partial charge in [-0.25, -0.2) is 4.39 Å². The van der Waals surface area contributed by atoms with Crippen molar-refractivity contribution in [2.75, 3.05) is 32.8 Å². The zero-order chi connectivity index (χ0) is 21.6. The van der Waals surface area contributed by atoms with Crippen LogP contribution in [0.5, 0.6) is 0 Å². The molecule has 2 fully saturated rings. The van der Waals surface area contributed by atoms with Gasteiger partial charge in [-0.05, 0) is 50.7 Å². The summed E-state index contributed by atoms with van der Waals surface area (Å²) in [5.41, 5.74) is -0.494. The van der Waals surface area contributed by atoms with E-state index in [9.17, 15) is 18.8 Å². The molecule has 2 aliphatic rings. The minimum Gasteiger partial charge on any atom is -0.466 e. The molecule has 2 heterocycles. The normalized spacial score (nSPS) is 22.1. The van der Waals surface area contributed by atoms with Crippen LogP contribution in [0.1, 0.15) is 51.0 Å². The Labute approximate surface area is 177 Å². The fourth-order valence-corrected chi connectivity index (χ4v) is 4.51. The Balaban J connectivity index is 1.71. The van der Waals surface area contributed by atoms with Gasteiger partial charge in [-0.1, -0.05) is 18.2 Å². The van der Waals surface area contributed by atoms with E-state index in [-0.39, 0.29) is 49.6 Å². The van der Waals surface area contributed by atoms with Crippen molar-refractivity contribution in [2.45, 2.75) is 51.9 Å². The van der Waals surface area contributed by atoms with Gasteiger partial charge < -0.3 is 14.5 Å². The van der Waals surface area contributed by atoms with E-state index in [1.807, 2.05) is 0 Å². The largest absolute Gasteiger partial charge is 0.466 e. The zero-order valence-corrected chi connectivity index (χ0v) is 17.7. The van der Waals surface area contributed by atoms with Crippen LogP contribution >= 0.6 is 0 Å². The standard InChI is InChI=1S/C23H31FN2O4/c1-2-30-22(29)23(16-18-8-3-4-9-19(18)24)12-7-14-26(17-23)21(28)11-15-25-13-6-5-10-20(25)27/h3-4,8-9H,2,5-7,10-17H2,1H3/t23-/m1/s1.